The Morgan fingerprint density at radius 3 is 2.21 bits per heavy atom. The number of halogens is 3. The first kappa shape index (κ1) is 23.2. The minimum absolute atomic E-state index is 0.0493. The minimum atomic E-state index is -1.91. The average Bonchev–Trinajstić information content (AvgIpc) is 2.66. The van der Waals surface area contributed by atoms with Crippen molar-refractivity contribution in [3.63, 3.8) is 0 Å². The largest absolute Gasteiger partial charge is 0.445 e. The van der Waals surface area contributed by atoms with Gasteiger partial charge in [-0.05, 0) is 49.0 Å². The maximum atomic E-state index is 12.1. The zero-order chi connectivity index (χ0) is 21.4. The predicted molar refractivity (Wildman–Crippen MR) is 120 cm³/mol. The van der Waals surface area contributed by atoms with Gasteiger partial charge in [-0.15, -0.1) is 0 Å². The van der Waals surface area contributed by atoms with Gasteiger partial charge < -0.3 is 15.4 Å². The van der Waals surface area contributed by atoms with E-state index in [2.05, 4.69) is 16.0 Å². The van der Waals surface area contributed by atoms with Gasteiger partial charge in [-0.3, -0.25) is 10.1 Å². The highest BCUT2D eigenvalue weighted by Gasteiger charge is 2.35. The van der Waals surface area contributed by atoms with E-state index in [0.717, 1.165) is 5.56 Å². The fourth-order valence-corrected chi connectivity index (χ4v) is 2.73. The Bertz CT molecular complexity index is 858. The second kappa shape index (κ2) is 10.6. The molecular formula is C19H18Cl3N3O3S. The quantitative estimate of drug-likeness (QED) is 0.242. The van der Waals surface area contributed by atoms with E-state index in [4.69, 9.17) is 51.8 Å². The molecule has 2 rings (SSSR count). The summed E-state index contributed by atoms with van der Waals surface area (Å²) in [5.74, 6) is -0.0493. The van der Waals surface area contributed by atoms with E-state index < -0.39 is 16.1 Å². The molecule has 0 saturated heterocycles. The number of thiocarbonyl (C=S) groups is 1. The van der Waals surface area contributed by atoms with E-state index in [0.29, 0.717) is 11.3 Å². The van der Waals surface area contributed by atoms with Gasteiger partial charge in [0.15, 0.2) is 17.1 Å². The lowest BCUT2D eigenvalue weighted by molar-refractivity contribution is 0.101. The van der Waals surface area contributed by atoms with Crippen LogP contribution in [0.3, 0.4) is 0 Å². The van der Waals surface area contributed by atoms with Crippen LogP contribution in [0.2, 0.25) is 0 Å². The number of alkyl halides is 3. The van der Waals surface area contributed by atoms with Gasteiger partial charge in [0.1, 0.15) is 6.61 Å². The third-order valence-corrected chi connectivity index (χ3v) is 4.50. The van der Waals surface area contributed by atoms with Crippen LogP contribution in [0.1, 0.15) is 22.8 Å². The van der Waals surface area contributed by atoms with Crippen molar-refractivity contribution in [3.05, 3.63) is 65.7 Å². The van der Waals surface area contributed by atoms with Crippen molar-refractivity contribution in [1.29, 1.82) is 0 Å². The molecule has 0 fully saturated rings. The number of nitrogens with one attached hydrogen (secondary N) is 3. The predicted octanol–water partition coefficient (Wildman–Crippen LogP) is 4.80. The monoisotopic (exact) mass is 473 g/mol. The number of rotatable bonds is 6. The van der Waals surface area contributed by atoms with E-state index in [1.807, 2.05) is 30.3 Å². The van der Waals surface area contributed by atoms with Gasteiger partial charge in [0, 0.05) is 11.3 Å². The number of ketones is 1. The third kappa shape index (κ3) is 8.06. The number of carbonyl (C=O) groups excluding carboxylic acids is 2. The number of anilines is 1. The molecule has 0 spiro atoms. The number of alkyl carbamates (subject to hydrolysis) is 1. The Morgan fingerprint density at radius 1 is 1.03 bits per heavy atom. The lowest BCUT2D eigenvalue weighted by Crippen LogP contribution is -2.56. The average molecular weight is 475 g/mol. The van der Waals surface area contributed by atoms with Crippen molar-refractivity contribution in [3.8, 4) is 0 Å². The SMILES string of the molecule is CC(=O)c1ccc(NC(=S)N[C@H](NC(=O)OCc2ccccc2)C(Cl)(Cl)Cl)cc1. The molecule has 0 aliphatic rings. The van der Waals surface area contributed by atoms with E-state index in [1.54, 1.807) is 24.3 Å². The van der Waals surface area contributed by atoms with Gasteiger partial charge >= 0.3 is 6.09 Å². The van der Waals surface area contributed by atoms with Crippen LogP contribution in [0.4, 0.5) is 10.5 Å². The van der Waals surface area contributed by atoms with Crippen LogP contribution >= 0.6 is 47.0 Å². The molecule has 0 bridgehead atoms. The van der Waals surface area contributed by atoms with Gasteiger partial charge in [0.2, 0.25) is 3.79 Å². The molecule has 0 radical (unpaired) electrons. The number of hydrogen-bond donors (Lipinski definition) is 3. The summed E-state index contributed by atoms with van der Waals surface area (Å²) in [6.07, 6.45) is -1.95. The third-order valence-electron chi connectivity index (χ3n) is 3.63. The lowest BCUT2D eigenvalue weighted by Gasteiger charge is -2.27. The maximum absolute atomic E-state index is 12.1. The Hall–Kier alpha value is -2.06. The molecule has 6 nitrogen and oxygen atoms in total. The van der Waals surface area contributed by atoms with Crippen molar-refractivity contribution in [2.24, 2.45) is 0 Å². The van der Waals surface area contributed by atoms with E-state index in [1.165, 1.54) is 6.92 Å². The highest BCUT2D eigenvalue weighted by Crippen LogP contribution is 2.29. The summed E-state index contributed by atoms with van der Waals surface area (Å²) in [6.45, 7) is 1.53. The van der Waals surface area contributed by atoms with Gasteiger partial charge in [0.25, 0.3) is 0 Å². The number of amides is 1. The van der Waals surface area contributed by atoms with Gasteiger partial charge in [-0.25, -0.2) is 4.79 Å². The molecule has 154 valence electrons. The molecule has 0 aromatic heterocycles. The molecule has 0 aliphatic heterocycles. The van der Waals surface area contributed by atoms with Crippen molar-refractivity contribution >= 4 is 69.7 Å². The zero-order valence-corrected chi connectivity index (χ0v) is 18.3. The fourth-order valence-electron chi connectivity index (χ4n) is 2.17. The molecular weight excluding hydrogens is 457 g/mol. The smallest absolute Gasteiger partial charge is 0.409 e. The molecule has 29 heavy (non-hydrogen) atoms. The van der Waals surface area contributed by atoms with E-state index in [-0.39, 0.29) is 17.5 Å². The summed E-state index contributed by atoms with van der Waals surface area (Å²) in [5, 5.41) is 8.13. The molecule has 0 aliphatic carbocycles. The normalized spacial score (nSPS) is 11.9. The topological polar surface area (TPSA) is 79.5 Å². The number of Topliss-reactive ketones (excluding diaryl/α,β-unsaturated/α-hetero) is 1. The summed E-state index contributed by atoms with van der Waals surface area (Å²) >= 11 is 23.0. The van der Waals surface area contributed by atoms with Gasteiger partial charge in [-0.2, -0.15) is 0 Å². The van der Waals surface area contributed by atoms with Crippen molar-refractivity contribution in [2.45, 2.75) is 23.5 Å². The molecule has 1 atom stereocenters. The molecule has 0 saturated carbocycles. The van der Waals surface area contributed by atoms with Crippen LogP contribution in [0.15, 0.2) is 54.6 Å². The second-order valence-electron chi connectivity index (χ2n) is 5.91. The lowest BCUT2D eigenvalue weighted by atomic mass is 10.1. The summed E-state index contributed by atoms with van der Waals surface area (Å²) in [6, 6.07) is 15.8. The Labute approximate surface area is 188 Å². The zero-order valence-electron chi connectivity index (χ0n) is 15.2. The second-order valence-corrected chi connectivity index (χ2v) is 8.69. The molecule has 2 aromatic carbocycles. The fraction of sp³-hybridized carbons (Fsp3) is 0.211. The molecule has 10 heteroatoms. The van der Waals surface area contributed by atoms with Crippen molar-refractivity contribution in [2.75, 3.05) is 5.32 Å². The Balaban J connectivity index is 1.92. The van der Waals surface area contributed by atoms with Crippen molar-refractivity contribution < 1.29 is 14.3 Å². The van der Waals surface area contributed by atoms with Crippen molar-refractivity contribution in [1.82, 2.24) is 10.6 Å². The first-order valence-corrected chi connectivity index (χ1v) is 9.92. The Morgan fingerprint density at radius 2 is 1.66 bits per heavy atom. The Kier molecular flexibility index (Phi) is 8.52. The number of hydrogen-bond acceptors (Lipinski definition) is 4. The van der Waals surface area contributed by atoms with Crippen LogP contribution in [0.5, 0.6) is 0 Å². The number of carbonyl (C=O) groups is 2. The summed E-state index contributed by atoms with van der Waals surface area (Å²) in [5.41, 5.74) is 1.99. The van der Waals surface area contributed by atoms with Crippen LogP contribution < -0.4 is 16.0 Å². The van der Waals surface area contributed by atoms with Crippen LogP contribution in [0.25, 0.3) is 0 Å². The molecule has 3 N–H and O–H groups in total. The summed E-state index contributed by atoms with van der Waals surface area (Å²) in [4.78, 5) is 23.4. The standard InChI is InChI=1S/C19H18Cl3N3O3S/c1-12(26)14-7-9-15(10-8-14)23-17(29)24-16(19(20,21)22)25-18(27)28-11-13-5-3-2-4-6-13/h2-10,16H,11H2,1H3,(H,25,27)(H2,23,24,29)/t16-/m1/s1. The summed E-state index contributed by atoms with van der Waals surface area (Å²) < 4.78 is 3.22. The van der Waals surface area contributed by atoms with Crippen LogP contribution in [0, 0.1) is 0 Å². The van der Waals surface area contributed by atoms with Crippen LogP contribution in [-0.4, -0.2) is 26.9 Å². The first-order valence-electron chi connectivity index (χ1n) is 8.37. The number of benzene rings is 2. The number of ether oxygens (including phenoxy) is 1. The molecule has 0 unspecified atom stereocenters. The van der Waals surface area contributed by atoms with Gasteiger partial charge in [0.05, 0.1) is 0 Å². The van der Waals surface area contributed by atoms with Gasteiger partial charge in [-0.1, -0.05) is 65.1 Å². The van der Waals surface area contributed by atoms with E-state index in [9.17, 15) is 9.59 Å². The van der Waals surface area contributed by atoms with E-state index >= 15 is 0 Å². The first-order chi connectivity index (χ1) is 13.6. The highest BCUT2D eigenvalue weighted by atomic mass is 35.6. The molecule has 1 amide bonds. The molecule has 2 aromatic rings. The maximum Gasteiger partial charge on any atom is 0.409 e. The van der Waals surface area contributed by atoms with Crippen LogP contribution in [-0.2, 0) is 11.3 Å². The minimum Gasteiger partial charge on any atom is -0.445 e. The molecule has 0 heterocycles. The summed E-state index contributed by atoms with van der Waals surface area (Å²) in [7, 11) is 0. The highest BCUT2D eigenvalue weighted by molar-refractivity contribution is 7.80.